The van der Waals surface area contributed by atoms with Crippen LogP contribution in [0.15, 0.2) is 0 Å². The van der Waals surface area contributed by atoms with Crippen molar-refractivity contribution >= 4 is 0 Å². The molecule has 0 aliphatic carbocycles. The summed E-state index contributed by atoms with van der Waals surface area (Å²) < 4.78 is 0. The molecular weight excluding hydrogens is 284 g/mol. The fourth-order valence-corrected chi connectivity index (χ4v) is 4.02. The quantitative estimate of drug-likeness (QED) is 0.621. The molecule has 0 aromatic heterocycles. The van der Waals surface area contributed by atoms with Crippen molar-refractivity contribution < 1.29 is 0 Å². The van der Waals surface area contributed by atoms with E-state index in [0.717, 1.165) is 12.5 Å². The summed E-state index contributed by atoms with van der Waals surface area (Å²) in [6.45, 7) is 3.39. The van der Waals surface area contributed by atoms with E-state index < -0.39 is 0 Å². The van der Waals surface area contributed by atoms with Gasteiger partial charge in [0.1, 0.15) is 0 Å². The molecule has 3 N–H and O–H groups in total. The van der Waals surface area contributed by atoms with E-state index in [2.05, 4.69) is 21.5 Å². The lowest BCUT2D eigenvalue weighted by molar-refractivity contribution is 0.127. The number of hydrazine groups is 3. The molecule has 0 spiro atoms. The van der Waals surface area contributed by atoms with Crippen molar-refractivity contribution in [2.24, 2.45) is 5.92 Å². The first kappa shape index (κ1) is 19.2. The normalized spacial score (nSPS) is 31.3. The van der Waals surface area contributed by atoms with Crippen molar-refractivity contribution in [1.29, 1.82) is 0 Å². The Kier molecular flexibility index (Phi) is 11.0. The second kappa shape index (κ2) is 13.2. The standard InChI is InChI=1S/C19H40N4/c1-2-4-10-16-20-21-22-23-17-11-5-8-14-19(13-7-3-1)15-9-6-12-18-23/h19-22H,1-18H2. The maximum atomic E-state index is 3.37. The van der Waals surface area contributed by atoms with E-state index in [0.29, 0.717) is 0 Å². The Labute approximate surface area is 144 Å². The molecule has 3 rings (SSSR count). The van der Waals surface area contributed by atoms with Crippen molar-refractivity contribution in [3.05, 3.63) is 0 Å². The van der Waals surface area contributed by atoms with Crippen molar-refractivity contribution in [2.75, 3.05) is 19.6 Å². The van der Waals surface area contributed by atoms with Crippen molar-refractivity contribution in [2.45, 2.75) is 96.3 Å². The van der Waals surface area contributed by atoms with Gasteiger partial charge in [-0.1, -0.05) is 77.0 Å². The highest BCUT2D eigenvalue weighted by Gasteiger charge is 2.11. The highest BCUT2D eigenvalue weighted by Crippen LogP contribution is 2.24. The number of nitrogens with zero attached hydrogens (tertiary/aromatic N) is 1. The van der Waals surface area contributed by atoms with Gasteiger partial charge in [-0.25, -0.2) is 10.4 Å². The Hall–Kier alpha value is -0.160. The lowest BCUT2D eigenvalue weighted by atomic mass is 9.89. The van der Waals surface area contributed by atoms with Gasteiger partial charge >= 0.3 is 0 Å². The largest absolute Gasteiger partial charge is 0.243 e. The first-order valence-corrected chi connectivity index (χ1v) is 10.4. The lowest BCUT2D eigenvalue weighted by Gasteiger charge is -2.25. The zero-order chi connectivity index (χ0) is 16.0. The fraction of sp³-hybridized carbons (Fsp3) is 1.00. The molecule has 4 nitrogen and oxygen atoms in total. The molecule has 3 aliphatic rings. The predicted molar refractivity (Wildman–Crippen MR) is 98.6 cm³/mol. The second-order valence-electron chi connectivity index (χ2n) is 7.63. The van der Waals surface area contributed by atoms with E-state index in [1.54, 1.807) is 0 Å². The number of hydrogen-bond donors (Lipinski definition) is 3. The summed E-state index contributed by atoms with van der Waals surface area (Å²) in [5.74, 6) is 1.02. The molecule has 136 valence electrons. The summed E-state index contributed by atoms with van der Waals surface area (Å²) in [5, 5.41) is 2.37. The predicted octanol–water partition coefficient (Wildman–Crippen LogP) is 4.30. The van der Waals surface area contributed by atoms with Crippen LogP contribution in [0.3, 0.4) is 0 Å². The first-order chi connectivity index (χ1) is 11.4. The molecule has 0 aromatic carbocycles. The van der Waals surface area contributed by atoms with E-state index in [9.17, 15) is 0 Å². The van der Waals surface area contributed by atoms with Gasteiger partial charge in [-0.05, 0) is 25.2 Å². The zero-order valence-corrected chi connectivity index (χ0v) is 15.3. The van der Waals surface area contributed by atoms with Gasteiger partial charge in [0.25, 0.3) is 0 Å². The minimum Gasteiger partial charge on any atom is -0.243 e. The Morgan fingerprint density at radius 1 is 0.565 bits per heavy atom. The molecular formula is C19H40N4. The van der Waals surface area contributed by atoms with Crippen LogP contribution < -0.4 is 16.5 Å². The van der Waals surface area contributed by atoms with Gasteiger partial charge in [0.05, 0.1) is 0 Å². The molecule has 3 saturated heterocycles. The third-order valence-electron chi connectivity index (χ3n) is 5.55. The van der Waals surface area contributed by atoms with Crippen molar-refractivity contribution in [3.8, 4) is 0 Å². The summed E-state index contributed by atoms with van der Waals surface area (Å²) in [7, 11) is 0. The minimum absolute atomic E-state index is 1.02. The summed E-state index contributed by atoms with van der Waals surface area (Å²) in [6.07, 6.45) is 21.2. The van der Waals surface area contributed by atoms with E-state index >= 15 is 0 Å². The van der Waals surface area contributed by atoms with Crippen LogP contribution in [0.2, 0.25) is 0 Å². The third-order valence-corrected chi connectivity index (χ3v) is 5.55. The molecule has 23 heavy (non-hydrogen) atoms. The SMILES string of the molecule is C1CCCCC2CCCCCN(CCCCC2)NNNCCC1. The van der Waals surface area contributed by atoms with E-state index in [1.807, 2.05) is 0 Å². The summed E-state index contributed by atoms with van der Waals surface area (Å²) in [5.41, 5.74) is 9.89. The average Bonchev–Trinajstić information content (AvgIpc) is 2.55. The Bertz CT molecular complexity index is 229. The van der Waals surface area contributed by atoms with E-state index in [4.69, 9.17) is 0 Å². The van der Waals surface area contributed by atoms with Crippen LogP contribution in [-0.2, 0) is 0 Å². The van der Waals surface area contributed by atoms with Gasteiger partial charge in [0.15, 0.2) is 0 Å². The Balaban J connectivity index is 1.82. The maximum Gasteiger partial charge on any atom is 0.0144 e. The van der Waals surface area contributed by atoms with Gasteiger partial charge in [0.2, 0.25) is 0 Å². The molecule has 4 heteroatoms. The molecule has 2 bridgehead atoms. The van der Waals surface area contributed by atoms with Crippen molar-refractivity contribution in [3.63, 3.8) is 0 Å². The number of fused-ring (bicyclic) bond motifs is 18. The van der Waals surface area contributed by atoms with Crippen LogP contribution in [0, 0.1) is 5.92 Å². The summed E-state index contributed by atoms with van der Waals surface area (Å²) >= 11 is 0. The molecule has 0 radical (unpaired) electrons. The van der Waals surface area contributed by atoms with Gasteiger partial charge < -0.3 is 0 Å². The average molecular weight is 325 g/mol. The maximum absolute atomic E-state index is 3.37. The Morgan fingerprint density at radius 3 is 1.74 bits per heavy atom. The topological polar surface area (TPSA) is 39.3 Å². The van der Waals surface area contributed by atoms with Crippen molar-refractivity contribution in [1.82, 2.24) is 21.5 Å². The zero-order valence-electron chi connectivity index (χ0n) is 15.3. The minimum atomic E-state index is 1.02. The summed E-state index contributed by atoms with van der Waals surface area (Å²) in [6, 6.07) is 0. The van der Waals surface area contributed by atoms with Crippen LogP contribution in [-0.4, -0.2) is 24.6 Å². The third kappa shape index (κ3) is 9.65. The molecule has 0 saturated carbocycles. The monoisotopic (exact) mass is 324 g/mol. The van der Waals surface area contributed by atoms with Crippen LogP contribution in [0.1, 0.15) is 96.3 Å². The molecule has 3 aliphatic heterocycles. The number of rotatable bonds is 0. The van der Waals surface area contributed by atoms with Crippen LogP contribution in [0.5, 0.6) is 0 Å². The van der Waals surface area contributed by atoms with Gasteiger partial charge in [-0.15, -0.1) is 0 Å². The van der Waals surface area contributed by atoms with E-state index in [-0.39, 0.29) is 0 Å². The van der Waals surface area contributed by atoms with Crippen LogP contribution in [0.25, 0.3) is 0 Å². The molecule has 3 heterocycles. The smallest absolute Gasteiger partial charge is 0.0144 e. The molecule has 0 amide bonds. The second-order valence-corrected chi connectivity index (χ2v) is 7.63. The fourth-order valence-electron chi connectivity index (χ4n) is 4.02. The number of nitrogens with one attached hydrogen (secondary N) is 3. The molecule has 3 fully saturated rings. The summed E-state index contributed by atoms with van der Waals surface area (Å²) in [4.78, 5) is 0. The van der Waals surface area contributed by atoms with Crippen LogP contribution >= 0.6 is 0 Å². The van der Waals surface area contributed by atoms with Crippen LogP contribution in [0.4, 0.5) is 0 Å². The highest BCUT2D eigenvalue weighted by atomic mass is 15.8. The van der Waals surface area contributed by atoms with Gasteiger partial charge in [0, 0.05) is 19.6 Å². The first-order valence-electron chi connectivity index (χ1n) is 10.4. The molecule has 0 aromatic rings. The highest BCUT2D eigenvalue weighted by molar-refractivity contribution is 4.64. The van der Waals surface area contributed by atoms with Gasteiger partial charge in [-0.2, -0.15) is 11.1 Å². The Morgan fingerprint density at radius 2 is 1.09 bits per heavy atom. The molecule has 0 atom stereocenters. The lowest BCUT2D eigenvalue weighted by Crippen LogP contribution is -2.53. The van der Waals surface area contributed by atoms with Gasteiger partial charge in [-0.3, -0.25) is 0 Å². The molecule has 0 unspecified atom stereocenters. The van der Waals surface area contributed by atoms with E-state index in [1.165, 1.54) is 109 Å². The number of hydrogen-bond acceptors (Lipinski definition) is 4.